The van der Waals surface area contributed by atoms with E-state index in [0.717, 1.165) is 12.8 Å². The lowest BCUT2D eigenvalue weighted by atomic mass is 10.1. The van der Waals surface area contributed by atoms with E-state index >= 15 is 0 Å². The molecular weight excluding hydrogens is 346 g/mol. The Labute approximate surface area is 160 Å². The normalized spacial score (nSPS) is 10.2. The van der Waals surface area contributed by atoms with E-state index in [-0.39, 0.29) is 5.91 Å². The first-order chi connectivity index (χ1) is 13.1. The van der Waals surface area contributed by atoms with Gasteiger partial charge in [0.1, 0.15) is 11.5 Å². The van der Waals surface area contributed by atoms with Crippen molar-refractivity contribution in [3.8, 4) is 23.0 Å². The summed E-state index contributed by atoms with van der Waals surface area (Å²) < 4.78 is 21.9. The largest absolute Gasteiger partial charge is 0.497 e. The van der Waals surface area contributed by atoms with Crippen LogP contribution in [-0.2, 0) is 0 Å². The molecule has 2 rings (SSSR count). The SMILES string of the molecule is CCCCOc1ccc(C(=O)Nc2ccc(OC)cc2OC)cc1OCC. The Morgan fingerprint density at radius 3 is 2.41 bits per heavy atom. The quantitative estimate of drug-likeness (QED) is 0.620. The van der Waals surface area contributed by atoms with Gasteiger partial charge >= 0.3 is 0 Å². The predicted octanol–water partition coefficient (Wildman–Crippen LogP) is 4.53. The van der Waals surface area contributed by atoms with Crippen molar-refractivity contribution in [3.63, 3.8) is 0 Å². The Morgan fingerprint density at radius 1 is 0.926 bits per heavy atom. The van der Waals surface area contributed by atoms with Gasteiger partial charge in [-0.1, -0.05) is 13.3 Å². The third-order valence-electron chi connectivity index (χ3n) is 3.92. The molecule has 0 fully saturated rings. The van der Waals surface area contributed by atoms with Gasteiger partial charge in [-0.2, -0.15) is 0 Å². The Kier molecular flexibility index (Phi) is 7.79. The number of nitrogens with one attached hydrogen (secondary N) is 1. The first-order valence-corrected chi connectivity index (χ1v) is 9.05. The number of unbranched alkanes of at least 4 members (excludes halogenated alkanes) is 1. The second-order valence-electron chi connectivity index (χ2n) is 5.82. The summed E-state index contributed by atoms with van der Waals surface area (Å²) >= 11 is 0. The van der Waals surface area contributed by atoms with Crippen LogP contribution in [0.2, 0.25) is 0 Å². The summed E-state index contributed by atoms with van der Waals surface area (Å²) in [7, 11) is 3.12. The molecule has 0 aromatic heterocycles. The molecule has 0 unspecified atom stereocenters. The monoisotopic (exact) mass is 373 g/mol. The van der Waals surface area contributed by atoms with E-state index in [1.54, 1.807) is 50.6 Å². The molecule has 0 radical (unpaired) electrons. The maximum absolute atomic E-state index is 12.7. The molecule has 0 aliphatic rings. The summed E-state index contributed by atoms with van der Waals surface area (Å²) in [6, 6.07) is 10.4. The number of carbonyl (C=O) groups excluding carboxylic acids is 1. The summed E-state index contributed by atoms with van der Waals surface area (Å²) in [5.41, 5.74) is 1.03. The van der Waals surface area contributed by atoms with E-state index in [1.165, 1.54) is 0 Å². The van der Waals surface area contributed by atoms with Crippen molar-refractivity contribution in [2.24, 2.45) is 0 Å². The number of benzene rings is 2. The lowest BCUT2D eigenvalue weighted by molar-refractivity contribution is 0.102. The van der Waals surface area contributed by atoms with Crippen LogP contribution in [0.4, 0.5) is 5.69 Å². The topological polar surface area (TPSA) is 66.0 Å². The van der Waals surface area contributed by atoms with E-state index < -0.39 is 0 Å². The zero-order chi connectivity index (χ0) is 19.6. The van der Waals surface area contributed by atoms with E-state index in [1.807, 2.05) is 6.92 Å². The van der Waals surface area contributed by atoms with E-state index in [4.69, 9.17) is 18.9 Å². The van der Waals surface area contributed by atoms with Gasteiger partial charge in [-0.05, 0) is 43.7 Å². The summed E-state index contributed by atoms with van der Waals surface area (Å²) in [5.74, 6) is 2.11. The molecule has 27 heavy (non-hydrogen) atoms. The van der Waals surface area contributed by atoms with Crippen LogP contribution in [0.25, 0.3) is 0 Å². The van der Waals surface area contributed by atoms with Crippen molar-refractivity contribution < 1.29 is 23.7 Å². The number of methoxy groups -OCH3 is 2. The molecule has 0 aliphatic carbocycles. The molecule has 6 heteroatoms. The van der Waals surface area contributed by atoms with Crippen LogP contribution >= 0.6 is 0 Å². The van der Waals surface area contributed by atoms with Gasteiger partial charge in [-0.3, -0.25) is 4.79 Å². The molecule has 6 nitrogen and oxygen atoms in total. The van der Waals surface area contributed by atoms with E-state index in [0.29, 0.717) is 47.5 Å². The molecule has 0 spiro atoms. The summed E-state index contributed by atoms with van der Waals surface area (Å²) in [4.78, 5) is 12.7. The van der Waals surface area contributed by atoms with Crippen LogP contribution in [0.5, 0.6) is 23.0 Å². The molecule has 0 bridgehead atoms. The fourth-order valence-corrected chi connectivity index (χ4v) is 2.46. The van der Waals surface area contributed by atoms with Gasteiger partial charge in [0.2, 0.25) is 0 Å². The number of amides is 1. The van der Waals surface area contributed by atoms with Crippen molar-refractivity contribution >= 4 is 11.6 Å². The number of rotatable bonds is 10. The van der Waals surface area contributed by atoms with Crippen LogP contribution in [0.1, 0.15) is 37.0 Å². The maximum atomic E-state index is 12.7. The van der Waals surface area contributed by atoms with Gasteiger partial charge in [0.15, 0.2) is 11.5 Å². The second-order valence-corrected chi connectivity index (χ2v) is 5.82. The molecule has 0 atom stereocenters. The third-order valence-corrected chi connectivity index (χ3v) is 3.92. The van der Waals surface area contributed by atoms with Gasteiger partial charge in [0, 0.05) is 11.6 Å². The van der Waals surface area contributed by atoms with Crippen LogP contribution in [0, 0.1) is 0 Å². The van der Waals surface area contributed by atoms with Gasteiger partial charge < -0.3 is 24.3 Å². The fraction of sp³-hybridized carbons (Fsp3) is 0.381. The van der Waals surface area contributed by atoms with Crippen LogP contribution in [0.15, 0.2) is 36.4 Å². The maximum Gasteiger partial charge on any atom is 0.255 e. The smallest absolute Gasteiger partial charge is 0.255 e. The van der Waals surface area contributed by atoms with Crippen LogP contribution < -0.4 is 24.3 Å². The Morgan fingerprint density at radius 2 is 1.74 bits per heavy atom. The molecular formula is C21H27NO5. The average Bonchev–Trinajstić information content (AvgIpc) is 2.69. The highest BCUT2D eigenvalue weighted by Crippen LogP contribution is 2.31. The van der Waals surface area contributed by atoms with Gasteiger partial charge in [0.05, 0.1) is 33.1 Å². The second kappa shape index (κ2) is 10.3. The van der Waals surface area contributed by atoms with Gasteiger partial charge in [-0.25, -0.2) is 0 Å². The Bertz CT molecular complexity index is 760. The number of hydrogen-bond donors (Lipinski definition) is 1. The first-order valence-electron chi connectivity index (χ1n) is 9.05. The molecule has 0 heterocycles. The Hall–Kier alpha value is -2.89. The van der Waals surface area contributed by atoms with E-state index in [9.17, 15) is 4.79 Å². The highest BCUT2D eigenvalue weighted by Gasteiger charge is 2.14. The lowest BCUT2D eigenvalue weighted by Crippen LogP contribution is -2.13. The zero-order valence-corrected chi connectivity index (χ0v) is 16.3. The molecule has 2 aromatic rings. The molecule has 0 saturated heterocycles. The summed E-state index contributed by atoms with van der Waals surface area (Å²) in [6.07, 6.45) is 2.01. The van der Waals surface area contributed by atoms with Crippen molar-refractivity contribution in [2.75, 3.05) is 32.8 Å². The highest BCUT2D eigenvalue weighted by atomic mass is 16.5. The molecule has 1 N–H and O–H groups in total. The number of ether oxygens (including phenoxy) is 4. The van der Waals surface area contributed by atoms with E-state index in [2.05, 4.69) is 12.2 Å². The standard InChI is InChI=1S/C21H27NO5/c1-5-7-12-27-18-11-8-15(13-20(18)26-6-2)21(23)22-17-10-9-16(24-3)14-19(17)25-4/h8-11,13-14H,5-7,12H2,1-4H3,(H,22,23). The molecule has 146 valence electrons. The minimum absolute atomic E-state index is 0.264. The lowest BCUT2D eigenvalue weighted by Gasteiger charge is -2.14. The first kappa shape index (κ1) is 20.4. The number of hydrogen-bond acceptors (Lipinski definition) is 5. The zero-order valence-electron chi connectivity index (χ0n) is 16.3. The predicted molar refractivity (Wildman–Crippen MR) is 106 cm³/mol. The van der Waals surface area contributed by atoms with Crippen LogP contribution in [0.3, 0.4) is 0 Å². The van der Waals surface area contributed by atoms with Crippen molar-refractivity contribution in [3.05, 3.63) is 42.0 Å². The van der Waals surface area contributed by atoms with Crippen molar-refractivity contribution in [1.29, 1.82) is 0 Å². The number of anilines is 1. The van der Waals surface area contributed by atoms with Gasteiger partial charge in [-0.15, -0.1) is 0 Å². The van der Waals surface area contributed by atoms with Crippen molar-refractivity contribution in [2.45, 2.75) is 26.7 Å². The van der Waals surface area contributed by atoms with Gasteiger partial charge in [0.25, 0.3) is 5.91 Å². The average molecular weight is 373 g/mol. The van der Waals surface area contributed by atoms with Crippen molar-refractivity contribution in [1.82, 2.24) is 0 Å². The van der Waals surface area contributed by atoms with Crippen LogP contribution in [-0.4, -0.2) is 33.3 Å². The molecule has 0 saturated carbocycles. The summed E-state index contributed by atoms with van der Waals surface area (Å²) in [6.45, 7) is 5.10. The minimum Gasteiger partial charge on any atom is -0.497 e. The third kappa shape index (κ3) is 5.54. The molecule has 0 aliphatic heterocycles. The molecule has 2 aromatic carbocycles. The fourth-order valence-electron chi connectivity index (χ4n) is 2.46. The summed E-state index contributed by atoms with van der Waals surface area (Å²) in [5, 5.41) is 2.85. The number of carbonyl (C=O) groups is 1. The molecule has 1 amide bonds. The minimum atomic E-state index is -0.264. The Balaban J connectivity index is 2.19. The highest BCUT2D eigenvalue weighted by molar-refractivity contribution is 6.05.